The van der Waals surface area contributed by atoms with E-state index in [1.807, 2.05) is 19.9 Å². The molecular formula is C10H15BO3. The minimum Gasteiger partial charge on any atom is -0.497 e. The molecule has 0 radical (unpaired) electrons. The maximum Gasteiger partial charge on any atom is 0.492 e. The Balaban J connectivity index is 3.25. The number of para-hydroxylation sites is 1. The van der Waals surface area contributed by atoms with E-state index in [0.29, 0.717) is 17.1 Å². The molecule has 0 bridgehead atoms. The number of benzene rings is 1. The van der Waals surface area contributed by atoms with Gasteiger partial charge in [0.25, 0.3) is 0 Å². The van der Waals surface area contributed by atoms with E-state index in [2.05, 4.69) is 0 Å². The van der Waals surface area contributed by atoms with E-state index in [1.54, 1.807) is 12.1 Å². The molecule has 3 nitrogen and oxygen atoms in total. The van der Waals surface area contributed by atoms with Crippen molar-refractivity contribution in [2.75, 3.05) is 7.11 Å². The molecule has 1 rings (SSSR count). The molecule has 0 aliphatic rings. The van der Waals surface area contributed by atoms with Gasteiger partial charge in [0.15, 0.2) is 0 Å². The van der Waals surface area contributed by atoms with Gasteiger partial charge in [-0.2, -0.15) is 0 Å². The highest BCUT2D eigenvalue weighted by atomic mass is 16.5. The fourth-order valence-electron chi connectivity index (χ4n) is 1.47. The van der Waals surface area contributed by atoms with Crippen LogP contribution in [0.2, 0.25) is 0 Å². The highest BCUT2D eigenvalue weighted by Crippen LogP contribution is 2.24. The fourth-order valence-corrected chi connectivity index (χ4v) is 1.47. The summed E-state index contributed by atoms with van der Waals surface area (Å²) in [4.78, 5) is 0. The fraction of sp³-hybridized carbons (Fsp3) is 0.400. The molecule has 76 valence electrons. The number of hydrogen-bond donors (Lipinski definition) is 2. The average Bonchev–Trinajstić information content (AvgIpc) is 2.16. The van der Waals surface area contributed by atoms with E-state index in [0.717, 1.165) is 5.56 Å². The molecule has 1 aromatic rings. The number of ether oxygens (including phenoxy) is 1. The Morgan fingerprint density at radius 1 is 1.29 bits per heavy atom. The molecule has 0 saturated carbocycles. The summed E-state index contributed by atoms with van der Waals surface area (Å²) in [6.07, 6.45) is 0. The quantitative estimate of drug-likeness (QED) is 0.688. The predicted octanol–water partition coefficient (Wildman–Crippen LogP) is 0.498. The van der Waals surface area contributed by atoms with Crippen LogP contribution < -0.4 is 10.2 Å². The molecule has 0 aromatic heterocycles. The molecule has 0 unspecified atom stereocenters. The van der Waals surface area contributed by atoms with Gasteiger partial charge >= 0.3 is 7.12 Å². The second-order valence-corrected chi connectivity index (χ2v) is 3.50. The molecule has 0 fully saturated rings. The van der Waals surface area contributed by atoms with Gasteiger partial charge in [-0.1, -0.05) is 32.0 Å². The first-order valence-corrected chi connectivity index (χ1v) is 4.60. The molecular weight excluding hydrogens is 179 g/mol. The standard InChI is InChI=1S/C10H15BO3/c1-7(2)8-5-4-6-9(11(12)13)10(8)14-3/h4-7,12-13H,1-3H3. The lowest BCUT2D eigenvalue weighted by Crippen LogP contribution is -2.31. The van der Waals surface area contributed by atoms with Crippen molar-refractivity contribution in [2.45, 2.75) is 19.8 Å². The topological polar surface area (TPSA) is 49.7 Å². The third kappa shape index (κ3) is 2.08. The van der Waals surface area contributed by atoms with Crippen LogP contribution in [0.1, 0.15) is 25.3 Å². The Kier molecular flexibility index (Phi) is 3.55. The molecule has 0 aliphatic carbocycles. The molecule has 0 saturated heterocycles. The smallest absolute Gasteiger partial charge is 0.492 e. The Bertz CT molecular complexity index is 284. The van der Waals surface area contributed by atoms with E-state index in [1.165, 1.54) is 7.11 Å². The maximum atomic E-state index is 9.12. The largest absolute Gasteiger partial charge is 0.497 e. The summed E-state index contributed by atoms with van der Waals surface area (Å²) in [5, 5.41) is 18.2. The number of hydrogen-bond acceptors (Lipinski definition) is 3. The minimum absolute atomic E-state index is 0.295. The first-order valence-electron chi connectivity index (χ1n) is 4.60. The summed E-state index contributed by atoms with van der Waals surface area (Å²) in [7, 11) is 0.0521. The van der Waals surface area contributed by atoms with Crippen LogP contribution in [0.5, 0.6) is 5.75 Å². The number of rotatable bonds is 3. The third-order valence-corrected chi connectivity index (χ3v) is 2.18. The molecule has 0 amide bonds. The Morgan fingerprint density at radius 3 is 2.36 bits per heavy atom. The zero-order valence-corrected chi connectivity index (χ0v) is 8.69. The Morgan fingerprint density at radius 2 is 1.93 bits per heavy atom. The van der Waals surface area contributed by atoms with Gasteiger partial charge in [-0.05, 0) is 11.5 Å². The van der Waals surface area contributed by atoms with Gasteiger partial charge in [-0.3, -0.25) is 0 Å². The average molecular weight is 194 g/mol. The lowest BCUT2D eigenvalue weighted by molar-refractivity contribution is 0.398. The molecule has 2 N–H and O–H groups in total. The SMILES string of the molecule is COc1c(B(O)O)cccc1C(C)C. The van der Waals surface area contributed by atoms with Gasteiger partial charge in [0.2, 0.25) is 0 Å². The van der Waals surface area contributed by atoms with Crippen LogP contribution in [-0.2, 0) is 0 Å². The van der Waals surface area contributed by atoms with Crippen LogP contribution in [0, 0.1) is 0 Å². The lowest BCUT2D eigenvalue weighted by Gasteiger charge is -2.15. The van der Waals surface area contributed by atoms with Crippen molar-refractivity contribution in [3.8, 4) is 5.75 Å². The molecule has 0 heterocycles. The summed E-state index contributed by atoms with van der Waals surface area (Å²) >= 11 is 0. The maximum absolute atomic E-state index is 9.12. The van der Waals surface area contributed by atoms with Crippen molar-refractivity contribution < 1.29 is 14.8 Å². The van der Waals surface area contributed by atoms with Crippen molar-refractivity contribution in [2.24, 2.45) is 0 Å². The Labute approximate surface area is 84.5 Å². The molecule has 0 spiro atoms. The molecule has 0 atom stereocenters. The van der Waals surface area contributed by atoms with E-state index in [9.17, 15) is 0 Å². The highest BCUT2D eigenvalue weighted by molar-refractivity contribution is 6.59. The van der Waals surface area contributed by atoms with Gasteiger partial charge in [-0.15, -0.1) is 0 Å². The van der Waals surface area contributed by atoms with E-state index in [-0.39, 0.29) is 0 Å². The predicted molar refractivity (Wildman–Crippen MR) is 56.9 cm³/mol. The monoisotopic (exact) mass is 194 g/mol. The zero-order valence-electron chi connectivity index (χ0n) is 8.69. The van der Waals surface area contributed by atoms with Gasteiger partial charge < -0.3 is 14.8 Å². The van der Waals surface area contributed by atoms with Crippen molar-refractivity contribution in [3.63, 3.8) is 0 Å². The van der Waals surface area contributed by atoms with E-state index >= 15 is 0 Å². The van der Waals surface area contributed by atoms with Crippen LogP contribution in [0.15, 0.2) is 18.2 Å². The summed E-state index contributed by atoms with van der Waals surface area (Å²) in [5.74, 6) is 0.862. The number of methoxy groups -OCH3 is 1. The van der Waals surface area contributed by atoms with Crippen LogP contribution in [0.4, 0.5) is 0 Å². The van der Waals surface area contributed by atoms with E-state index < -0.39 is 7.12 Å². The zero-order chi connectivity index (χ0) is 10.7. The summed E-state index contributed by atoms with van der Waals surface area (Å²) < 4.78 is 5.18. The van der Waals surface area contributed by atoms with E-state index in [4.69, 9.17) is 14.8 Å². The Hall–Kier alpha value is -0.995. The minimum atomic E-state index is -1.48. The summed E-state index contributed by atoms with van der Waals surface area (Å²) in [5.41, 5.74) is 1.40. The van der Waals surface area contributed by atoms with Crippen molar-refractivity contribution >= 4 is 12.6 Å². The highest BCUT2D eigenvalue weighted by Gasteiger charge is 2.20. The molecule has 14 heavy (non-hydrogen) atoms. The summed E-state index contributed by atoms with van der Waals surface area (Å²) in [6.45, 7) is 4.07. The van der Waals surface area contributed by atoms with Gasteiger partial charge in [-0.25, -0.2) is 0 Å². The molecule has 4 heteroatoms. The van der Waals surface area contributed by atoms with Crippen molar-refractivity contribution in [3.05, 3.63) is 23.8 Å². The van der Waals surface area contributed by atoms with Gasteiger partial charge in [0.1, 0.15) is 5.75 Å². The van der Waals surface area contributed by atoms with Crippen LogP contribution in [0.3, 0.4) is 0 Å². The van der Waals surface area contributed by atoms with Crippen molar-refractivity contribution in [1.82, 2.24) is 0 Å². The van der Waals surface area contributed by atoms with Crippen molar-refractivity contribution in [1.29, 1.82) is 0 Å². The third-order valence-electron chi connectivity index (χ3n) is 2.18. The van der Waals surface area contributed by atoms with Crippen LogP contribution >= 0.6 is 0 Å². The lowest BCUT2D eigenvalue weighted by atomic mass is 9.77. The van der Waals surface area contributed by atoms with Crippen LogP contribution in [-0.4, -0.2) is 24.3 Å². The second-order valence-electron chi connectivity index (χ2n) is 3.50. The first-order chi connectivity index (χ1) is 6.57. The van der Waals surface area contributed by atoms with Gasteiger partial charge in [0, 0.05) is 5.46 Å². The molecule has 1 aromatic carbocycles. The first kappa shape index (κ1) is 11.1. The summed E-state index contributed by atoms with van der Waals surface area (Å²) in [6, 6.07) is 5.37. The normalized spacial score (nSPS) is 10.4. The molecule has 0 aliphatic heterocycles. The van der Waals surface area contributed by atoms with Crippen LogP contribution in [0.25, 0.3) is 0 Å². The van der Waals surface area contributed by atoms with Gasteiger partial charge in [0.05, 0.1) is 7.11 Å². The second kappa shape index (κ2) is 4.48.